The van der Waals surface area contributed by atoms with Gasteiger partial charge in [-0.25, -0.2) is 19.9 Å². The van der Waals surface area contributed by atoms with Crippen molar-refractivity contribution in [2.75, 3.05) is 0 Å². The predicted octanol–water partition coefficient (Wildman–Crippen LogP) is 23.3. The number of rotatable bonds is 4. The number of H-pyrrole nitrogens is 1. The summed E-state index contributed by atoms with van der Waals surface area (Å²) in [6.45, 7) is 0. The fourth-order valence-electron chi connectivity index (χ4n) is 15.8. The van der Waals surface area contributed by atoms with Gasteiger partial charge in [0.25, 0.3) is 0 Å². The van der Waals surface area contributed by atoms with Gasteiger partial charge in [0.05, 0.1) is 77.2 Å². The molecule has 13 heteroatoms. The summed E-state index contributed by atoms with van der Waals surface area (Å²) in [6, 6.07) is 111. The van der Waals surface area contributed by atoms with Crippen molar-refractivity contribution in [2.24, 2.45) is 0 Å². The highest BCUT2D eigenvalue weighted by Gasteiger charge is 2.25. The molecule has 101 heavy (non-hydrogen) atoms. The molecule has 0 amide bonds. The lowest BCUT2D eigenvalue weighted by molar-refractivity contribution is 0.978. The standard InChI is InChI=1S/C50H30N6.C26H14Br2N4.C12H9N/c1-6-18-40-37(17-1)49-51-41-19-7-12-24-48(41)56(49)50(52-40)55-46-27-25-31(53-42-20-8-2-13-33(42)34-14-3-9-21-43(34)53)29-38(46)39-30-32(26-28-47(39)55)54-44-22-10-4-15-35(44)36-16-5-11-23-45(36)54;27-15-9-11-22-18(13-15)19-14-16(28)10-12-23(19)31(22)26-30-20-6-2-1-5-17(20)25-29-21-7-3-4-8-24(21)32(25)26;1-3-7-11-9(5-1)10-6-2-4-8-12(10)13-11/h1-30H;1-14H;1-8,13H. The average Bonchev–Trinajstić information content (AvgIpc) is 1.59. The summed E-state index contributed by atoms with van der Waals surface area (Å²) >= 11 is 7.30. The van der Waals surface area contributed by atoms with Crippen molar-refractivity contribution in [3.05, 3.63) is 324 Å². The van der Waals surface area contributed by atoms with Gasteiger partial charge in [0.1, 0.15) is 11.3 Å². The van der Waals surface area contributed by atoms with Crippen molar-refractivity contribution in [3.8, 4) is 23.3 Å². The lowest BCUT2D eigenvalue weighted by Gasteiger charge is -2.13. The first-order chi connectivity index (χ1) is 49.9. The SMILES string of the molecule is Brc1ccc2c(c1)c1cc(Br)ccc1n2-c1nc2ccccc2c2nc3ccccc3n12.c1ccc2c(c1)[nH]c1ccccc12.c1ccc2c(c1)nc(-n1c3ccc(-n4c5ccccc5c5ccccc54)cc3c3cc(-n4c5ccccc5c5ccccc54)ccc31)n1c3ccccc3nc21. The normalized spacial score (nSPS) is 12.1. The molecule has 0 saturated carbocycles. The van der Waals surface area contributed by atoms with Crippen molar-refractivity contribution in [3.63, 3.8) is 0 Å². The molecule has 11 nitrogen and oxygen atoms in total. The van der Waals surface area contributed by atoms with Gasteiger partial charge in [0, 0.05) is 96.0 Å². The third kappa shape index (κ3) is 8.76. The second-order valence-electron chi connectivity index (χ2n) is 25.7. The van der Waals surface area contributed by atoms with Gasteiger partial charge in [-0.15, -0.1) is 0 Å². The molecule has 9 heterocycles. The van der Waals surface area contributed by atoms with Crippen LogP contribution in [-0.4, -0.2) is 52.0 Å². The number of hydrogen-bond donors (Lipinski definition) is 1. The molecule has 0 bridgehead atoms. The van der Waals surface area contributed by atoms with E-state index in [0.29, 0.717) is 0 Å². The van der Waals surface area contributed by atoms with E-state index in [4.69, 9.17) is 19.9 Å². The first-order valence-corrected chi connectivity index (χ1v) is 35.3. The summed E-state index contributed by atoms with van der Waals surface area (Å²) in [5.74, 6) is 1.64. The number of nitrogens with one attached hydrogen (secondary N) is 1. The molecular weight excluding hydrogens is 1370 g/mol. The maximum absolute atomic E-state index is 5.45. The number of hydrogen-bond acceptors (Lipinski definition) is 4. The second-order valence-corrected chi connectivity index (χ2v) is 27.6. The highest BCUT2D eigenvalue weighted by molar-refractivity contribution is 9.10. The van der Waals surface area contributed by atoms with Gasteiger partial charge >= 0.3 is 0 Å². The molecule has 9 aromatic heterocycles. The number of aromatic amines is 1. The van der Waals surface area contributed by atoms with Gasteiger partial charge in [-0.3, -0.25) is 17.9 Å². The second kappa shape index (κ2) is 22.4. The molecule has 23 aromatic rings. The van der Waals surface area contributed by atoms with Crippen LogP contribution in [0, 0.1) is 0 Å². The van der Waals surface area contributed by atoms with E-state index in [9.17, 15) is 0 Å². The zero-order valence-electron chi connectivity index (χ0n) is 53.8. The Labute approximate surface area is 591 Å². The summed E-state index contributed by atoms with van der Waals surface area (Å²) in [5.41, 5.74) is 21.3. The highest BCUT2D eigenvalue weighted by atomic mass is 79.9. The summed E-state index contributed by atoms with van der Waals surface area (Å²) in [7, 11) is 0. The van der Waals surface area contributed by atoms with Crippen LogP contribution < -0.4 is 0 Å². The molecule has 0 saturated heterocycles. The maximum Gasteiger partial charge on any atom is 0.221 e. The Bertz CT molecular complexity index is 7020. The number of benzene rings is 14. The van der Waals surface area contributed by atoms with Crippen molar-refractivity contribution in [1.29, 1.82) is 0 Å². The number of nitrogens with zero attached hydrogens (tertiary/aromatic N) is 10. The molecule has 1 N–H and O–H groups in total. The Morgan fingerprint density at radius 2 is 0.505 bits per heavy atom. The zero-order chi connectivity index (χ0) is 66.6. The van der Waals surface area contributed by atoms with Crippen LogP contribution in [-0.2, 0) is 0 Å². The Balaban J connectivity index is 0.000000123. The Morgan fingerprint density at radius 1 is 0.218 bits per heavy atom. The minimum absolute atomic E-state index is 0.807. The lowest BCUT2D eigenvalue weighted by atomic mass is 10.1. The first-order valence-electron chi connectivity index (χ1n) is 33.7. The van der Waals surface area contributed by atoms with Crippen LogP contribution in [0.1, 0.15) is 0 Å². The van der Waals surface area contributed by atoms with Crippen molar-refractivity contribution >= 4 is 196 Å². The molecule has 0 aliphatic rings. The summed E-state index contributed by atoms with van der Waals surface area (Å²) in [6.07, 6.45) is 0. The third-order valence-electron chi connectivity index (χ3n) is 20.2. The van der Waals surface area contributed by atoms with Gasteiger partial charge in [-0.2, -0.15) is 0 Å². The van der Waals surface area contributed by atoms with Gasteiger partial charge < -0.3 is 14.1 Å². The highest BCUT2D eigenvalue weighted by Crippen LogP contribution is 2.42. The lowest BCUT2D eigenvalue weighted by Crippen LogP contribution is -2.06. The molecule has 23 rings (SSSR count). The van der Waals surface area contributed by atoms with E-state index in [1.54, 1.807) is 0 Å². The largest absolute Gasteiger partial charge is 0.355 e. The summed E-state index contributed by atoms with van der Waals surface area (Å²) in [4.78, 5) is 24.2. The fraction of sp³-hybridized carbons (Fsp3) is 0. The number of fused-ring (bicyclic) bond motifs is 25. The Hall–Kier alpha value is -12.7. The van der Waals surface area contributed by atoms with E-state index >= 15 is 0 Å². The van der Waals surface area contributed by atoms with Crippen molar-refractivity contribution in [1.82, 2.24) is 52.0 Å². The van der Waals surface area contributed by atoms with Crippen LogP contribution in [0.3, 0.4) is 0 Å². The smallest absolute Gasteiger partial charge is 0.221 e. The van der Waals surface area contributed by atoms with Gasteiger partial charge in [0.15, 0.2) is 0 Å². The molecule has 0 aliphatic heterocycles. The number of halogens is 2. The van der Waals surface area contributed by atoms with Crippen LogP contribution >= 0.6 is 31.9 Å². The van der Waals surface area contributed by atoms with Gasteiger partial charge in [-0.1, -0.05) is 190 Å². The van der Waals surface area contributed by atoms with E-state index < -0.39 is 0 Å². The van der Waals surface area contributed by atoms with E-state index in [0.717, 1.165) is 120 Å². The molecule has 474 valence electrons. The molecule has 0 aliphatic carbocycles. The first kappa shape index (κ1) is 57.4. The topological polar surface area (TPSA) is 95.9 Å². The van der Waals surface area contributed by atoms with E-state index in [-0.39, 0.29) is 0 Å². The van der Waals surface area contributed by atoms with Crippen LogP contribution in [0.4, 0.5) is 0 Å². The third-order valence-corrected chi connectivity index (χ3v) is 21.2. The van der Waals surface area contributed by atoms with Crippen LogP contribution in [0.5, 0.6) is 0 Å². The molecule has 0 radical (unpaired) electrons. The van der Waals surface area contributed by atoms with Crippen LogP contribution in [0.2, 0.25) is 0 Å². The molecule has 14 aromatic carbocycles. The number of aromatic nitrogens is 11. The van der Waals surface area contributed by atoms with Crippen LogP contribution in [0.15, 0.2) is 324 Å². The van der Waals surface area contributed by atoms with E-state index in [1.807, 2.05) is 18.2 Å². The van der Waals surface area contributed by atoms with Crippen LogP contribution in [0.25, 0.3) is 187 Å². The van der Waals surface area contributed by atoms with E-state index in [1.165, 1.54) is 76.2 Å². The maximum atomic E-state index is 5.45. The molecule has 0 atom stereocenters. The number of imidazole rings is 2. The molecular formula is C88H53Br2N11. The minimum atomic E-state index is 0.807. The average molecular weight is 1420 g/mol. The van der Waals surface area contributed by atoms with E-state index in [2.05, 4.69) is 361 Å². The predicted molar refractivity (Wildman–Crippen MR) is 425 cm³/mol. The minimum Gasteiger partial charge on any atom is -0.355 e. The van der Waals surface area contributed by atoms with Crippen molar-refractivity contribution < 1.29 is 0 Å². The van der Waals surface area contributed by atoms with Gasteiger partial charge in [-0.05, 0) is 158 Å². The fourth-order valence-corrected chi connectivity index (χ4v) is 16.6. The Kier molecular flexibility index (Phi) is 12.7. The van der Waals surface area contributed by atoms with Crippen molar-refractivity contribution in [2.45, 2.75) is 0 Å². The van der Waals surface area contributed by atoms with Gasteiger partial charge in [0.2, 0.25) is 11.9 Å². The molecule has 0 unspecified atom stereocenters. The molecule has 0 fully saturated rings. The monoisotopic (exact) mass is 1420 g/mol. The zero-order valence-corrected chi connectivity index (χ0v) is 56.9. The quantitative estimate of drug-likeness (QED) is 0.190. The molecule has 0 spiro atoms. The summed E-state index contributed by atoms with van der Waals surface area (Å²) < 4.78 is 15.9. The number of para-hydroxylation sites is 12. The summed E-state index contributed by atoms with van der Waals surface area (Å²) in [5, 5.41) is 14.3. The Morgan fingerprint density at radius 3 is 0.891 bits per heavy atom.